The molecule has 3 aromatic rings. The van der Waals surface area contributed by atoms with E-state index in [0.717, 1.165) is 30.3 Å². The number of amides is 2. The van der Waals surface area contributed by atoms with Gasteiger partial charge in [-0.3, -0.25) is 9.59 Å². The number of rotatable bonds is 18. The Bertz CT molecular complexity index is 1140. The van der Waals surface area contributed by atoms with Gasteiger partial charge in [0.25, 0.3) is 0 Å². The molecule has 2 amide bonds. The van der Waals surface area contributed by atoms with Gasteiger partial charge in [0, 0.05) is 50.3 Å². The van der Waals surface area contributed by atoms with Crippen LogP contribution in [0.4, 0.5) is 0 Å². The van der Waals surface area contributed by atoms with Gasteiger partial charge in [-0.2, -0.15) is 0 Å². The molecule has 0 fully saturated rings. The van der Waals surface area contributed by atoms with Crippen LogP contribution in [-0.4, -0.2) is 59.9 Å². The second-order valence-electron chi connectivity index (χ2n) is 10.6. The topological polar surface area (TPSA) is 65.6 Å². The highest BCUT2D eigenvalue weighted by Crippen LogP contribution is 2.19. The van der Waals surface area contributed by atoms with Gasteiger partial charge in [-0.25, -0.2) is 0 Å². The second kappa shape index (κ2) is 16.8. The highest BCUT2D eigenvalue weighted by atomic mass is 16.5. The Morgan fingerprint density at radius 2 is 1.56 bits per heavy atom. The highest BCUT2D eigenvalue weighted by molar-refractivity contribution is 5.85. The summed E-state index contributed by atoms with van der Waals surface area (Å²) in [4.78, 5) is 33.7. The summed E-state index contributed by atoms with van der Waals surface area (Å²) < 4.78 is 5.27. The summed E-state index contributed by atoms with van der Waals surface area (Å²) in [7, 11) is 1.63. The predicted molar refractivity (Wildman–Crippen MR) is 160 cm³/mol. The number of carbonyl (C=O) groups is 2. The van der Waals surface area contributed by atoms with Crippen molar-refractivity contribution in [3.8, 4) is 0 Å². The molecule has 0 aliphatic rings. The fourth-order valence-electron chi connectivity index (χ4n) is 4.95. The zero-order valence-electron chi connectivity index (χ0n) is 24.2. The maximum absolute atomic E-state index is 13.7. The number of nitrogens with zero attached hydrogens (tertiary/aromatic N) is 2. The Labute approximate surface area is 234 Å². The number of aromatic nitrogens is 1. The molecule has 0 unspecified atom stereocenters. The van der Waals surface area contributed by atoms with Crippen LogP contribution < -0.4 is 0 Å². The standard InChI is InChI=1S/C33H47N3O3/c1-4-5-6-7-8-9-10-15-32(37)36(22-23-39-3)26-33(38)35(25-28-18-16-27(2)17-19-28)21-20-29-24-34-31-14-12-11-13-30(29)31/h11-14,16-19,24,34H,4-10,15,20-23,25-26H2,1-3H3. The quantitative estimate of drug-likeness (QED) is 0.186. The number of benzene rings is 2. The molecule has 3 rings (SSSR count). The fourth-order valence-corrected chi connectivity index (χ4v) is 4.95. The summed E-state index contributed by atoms with van der Waals surface area (Å²) in [5, 5.41) is 1.19. The lowest BCUT2D eigenvalue weighted by Crippen LogP contribution is -2.44. The van der Waals surface area contributed by atoms with Gasteiger partial charge >= 0.3 is 0 Å². The largest absolute Gasteiger partial charge is 0.383 e. The van der Waals surface area contributed by atoms with Gasteiger partial charge in [0.15, 0.2) is 0 Å². The van der Waals surface area contributed by atoms with Gasteiger partial charge in [-0.05, 0) is 37.0 Å². The third kappa shape index (κ3) is 10.2. The summed E-state index contributed by atoms with van der Waals surface area (Å²) in [5.41, 5.74) is 4.58. The Morgan fingerprint density at radius 3 is 2.31 bits per heavy atom. The lowest BCUT2D eigenvalue weighted by Gasteiger charge is -2.28. The number of unbranched alkanes of at least 4 members (excludes halogenated alkanes) is 6. The van der Waals surface area contributed by atoms with Crippen molar-refractivity contribution >= 4 is 22.7 Å². The minimum absolute atomic E-state index is 0.0283. The van der Waals surface area contributed by atoms with E-state index >= 15 is 0 Å². The fraction of sp³-hybridized carbons (Fsp3) is 0.515. The van der Waals surface area contributed by atoms with Crippen LogP contribution in [0.2, 0.25) is 0 Å². The number of nitrogens with one attached hydrogen (secondary N) is 1. The summed E-state index contributed by atoms with van der Waals surface area (Å²) in [5.74, 6) is 0.0142. The van der Waals surface area contributed by atoms with Crippen molar-refractivity contribution < 1.29 is 14.3 Å². The molecule has 1 heterocycles. The average Bonchev–Trinajstić information content (AvgIpc) is 3.36. The first-order valence-corrected chi connectivity index (χ1v) is 14.7. The van der Waals surface area contributed by atoms with Crippen molar-refractivity contribution in [2.24, 2.45) is 0 Å². The van der Waals surface area contributed by atoms with Gasteiger partial charge in [-0.15, -0.1) is 0 Å². The molecular weight excluding hydrogens is 486 g/mol. The van der Waals surface area contributed by atoms with Crippen molar-refractivity contribution in [1.29, 1.82) is 0 Å². The van der Waals surface area contributed by atoms with E-state index in [1.807, 2.05) is 23.2 Å². The van der Waals surface area contributed by atoms with E-state index in [-0.39, 0.29) is 18.4 Å². The first kappa shape index (κ1) is 30.4. The molecule has 0 bridgehead atoms. The molecule has 0 saturated heterocycles. The van der Waals surface area contributed by atoms with Crippen LogP contribution in [0.5, 0.6) is 0 Å². The third-order valence-electron chi connectivity index (χ3n) is 7.41. The number of carbonyl (C=O) groups excluding carboxylic acids is 2. The molecule has 6 heteroatoms. The van der Waals surface area contributed by atoms with E-state index in [2.05, 4.69) is 55.2 Å². The van der Waals surface area contributed by atoms with Crippen LogP contribution >= 0.6 is 0 Å². The smallest absolute Gasteiger partial charge is 0.242 e. The van der Waals surface area contributed by atoms with Crippen molar-refractivity contribution in [3.63, 3.8) is 0 Å². The Balaban J connectivity index is 1.64. The van der Waals surface area contributed by atoms with E-state index in [4.69, 9.17) is 4.74 Å². The minimum atomic E-state index is -0.0283. The van der Waals surface area contributed by atoms with Gasteiger partial charge in [-0.1, -0.05) is 93.5 Å². The lowest BCUT2D eigenvalue weighted by atomic mass is 10.1. The molecule has 0 aliphatic carbocycles. The van der Waals surface area contributed by atoms with E-state index in [1.165, 1.54) is 48.6 Å². The summed E-state index contributed by atoms with van der Waals surface area (Å²) in [6, 6.07) is 16.6. The molecule has 0 atom stereocenters. The maximum Gasteiger partial charge on any atom is 0.242 e. The van der Waals surface area contributed by atoms with Crippen molar-refractivity contribution in [2.75, 3.05) is 33.4 Å². The van der Waals surface area contributed by atoms with Crippen molar-refractivity contribution in [1.82, 2.24) is 14.8 Å². The lowest BCUT2D eigenvalue weighted by molar-refractivity contribution is -0.141. The number of ether oxygens (including phenoxy) is 1. The van der Waals surface area contributed by atoms with Crippen molar-refractivity contribution in [3.05, 3.63) is 71.4 Å². The first-order valence-electron chi connectivity index (χ1n) is 14.7. The number of hydrogen-bond acceptors (Lipinski definition) is 3. The Hall–Kier alpha value is -3.12. The average molecular weight is 534 g/mol. The van der Waals surface area contributed by atoms with E-state index in [0.29, 0.717) is 32.7 Å². The number of methoxy groups -OCH3 is 1. The molecule has 1 aromatic heterocycles. The molecule has 0 spiro atoms. The number of aromatic amines is 1. The number of hydrogen-bond donors (Lipinski definition) is 1. The normalized spacial score (nSPS) is 11.2. The molecule has 1 N–H and O–H groups in total. The molecule has 2 aromatic carbocycles. The third-order valence-corrected chi connectivity index (χ3v) is 7.41. The van der Waals surface area contributed by atoms with Gasteiger partial charge in [0.2, 0.25) is 11.8 Å². The predicted octanol–water partition coefficient (Wildman–Crippen LogP) is 6.66. The first-order chi connectivity index (χ1) is 19.0. The Kier molecular flexibility index (Phi) is 13.1. The highest BCUT2D eigenvalue weighted by Gasteiger charge is 2.22. The number of H-pyrrole nitrogens is 1. The van der Waals surface area contributed by atoms with Crippen LogP contribution in [0, 0.1) is 6.92 Å². The van der Waals surface area contributed by atoms with Gasteiger partial charge in [0.1, 0.15) is 0 Å². The molecule has 212 valence electrons. The molecule has 6 nitrogen and oxygen atoms in total. The van der Waals surface area contributed by atoms with Gasteiger partial charge < -0.3 is 19.5 Å². The van der Waals surface area contributed by atoms with Crippen LogP contribution in [0.1, 0.15) is 75.0 Å². The van der Waals surface area contributed by atoms with Crippen LogP contribution in [-0.2, 0) is 27.3 Å². The Morgan fingerprint density at radius 1 is 0.846 bits per heavy atom. The van der Waals surface area contributed by atoms with Crippen molar-refractivity contribution in [2.45, 2.75) is 78.2 Å². The van der Waals surface area contributed by atoms with Crippen LogP contribution in [0.3, 0.4) is 0 Å². The summed E-state index contributed by atoms with van der Waals surface area (Å²) in [6.45, 7) is 6.32. The number of aryl methyl sites for hydroxylation is 1. The van der Waals surface area contributed by atoms with Gasteiger partial charge in [0.05, 0.1) is 13.2 Å². The number of para-hydroxylation sites is 1. The van der Waals surface area contributed by atoms with Crippen LogP contribution in [0.15, 0.2) is 54.7 Å². The minimum Gasteiger partial charge on any atom is -0.383 e. The molecule has 0 saturated carbocycles. The molecule has 0 radical (unpaired) electrons. The maximum atomic E-state index is 13.7. The molecule has 0 aliphatic heterocycles. The van der Waals surface area contributed by atoms with E-state index < -0.39 is 0 Å². The van der Waals surface area contributed by atoms with E-state index in [9.17, 15) is 9.59 Å². The summed E-state index contributed by atoms with van der Waals surface area (Å²) >= 11 is 0. The molecule has 39 heavy (non-hydrogen) atoms. The summed E-state index contributed by atoms with van der Waals surface area (Å²) in [6.07, 6.45) is 11.4. The van der Waals surface area contributed by atoms with E-state index in [1.54, 1.807) is 12.0 Å². The zero-order valence-corrected chi connectivity index (χ0v) is 24.2. The monoisotopic (exact) mass is 533 g/mol. The second-order valence-corrected chi connectivity index (χ2v) is 10.6. The molecular formula is C33H47N3O3. The number of fused-ring (bicyclic) bond motifs is 1. The zero-order chi connectivity index (χ0) is 27.9. The SMILES string of the molecule is CCCCCCCCCC(=O)N(CCOC)CC(=O)N(CCc1c[nH]c2ccccc12)Cc1ccc(C)cc1. The van der Waals surface area contributed by atoms with Crippen LogP contribution in [0.25, 0.3) is 10.9 Å².